The average Bonchev–Trinajstić information content (AvgIpc) is 3.15. The summed E-state index contributed by atoms with van der Waals surface area (Å²) in [6.07, 6.45) is 0.911. The van der Waals surface area contributed by atoms with Crippen LogP contribution >= 0.6 is 11.6 Å². The number of aryl methyl sites for hydroxylation is 1. The number of rotatable bonds is 5. The standard InChI is InChI=1S/C17H18ClN3O3/c1-11-8-15(20-24-11)21-10-13(9-16(21)22)17(23)19-7-6-12-2-4-14(18)5-3-12/h2-5,8,13H,6-7,9-10H2,1H3,(H,19,23). The van der Waals surface area contributed by atoms with Crippen molar-refractivity contribution in [1.82, 2.24) is 10.5 Å². The summed E-state index contributed by atoms with van der Waals surface area (Å²) in [6, 6.07) is 9.21. The summed E-state index contributed by atoms with van der Waals surface area (Å²) >= 11 is 5.84. The molecule has 0 radical (unpaired) electrons. The van der Waals surface area contributed by atoms with Gasteiger partial charge in [-0.3, -0.25) is 14.5 Å². The molecule has 3 rings (SSSR count). The van der Waals surface area contributed by atoms with Gasteiger partial charge in [-0.15, -0.1) is 0 Å². The fraction of sp³-hybridized carbons (Fsp3) is 0.353. The molecule has 6 nitrogen and oxygen atoms in total. The number of carbonyl (C=O) groups is 2. The molecule has 0 bridgehead atoms. The molecule has 1 atom stereocenters. The average molecular weight is 348 g/mol. The molecule has 2 heterocycles. The van der Waals surface area contributed by atoms with E-state index in [1.807, 2.05) is 24.3 Å². The summed E-state index contributed by atoms with van der Waals surface area (Å²) in [4.78, 5) is 25.8. The van der Waals surface area contributed by atoms with Crippen LogP contribution < -0.4 is 10.2 Å². The Bertz CT molecular complexity index is 742. The minimum Gasteiger partial charge on any atom is -0.360 e. The monoisotopic (exact) mass is 347 g/mol. The number of anilines is 1. The largest absolute Gasteiger partial charge is 0.360 e. The molecule has 2 amide bonds. The van der Waals surface area contributed by atoms with Crippen LogP contribution in [0.15, 0.2) is 34.9 Å². The number of hydrogen-bond acceptors (Lipinski definition) is 4. The number of nitrogens with zero attached hydrogens (tertiary/aromatic N) is 2. The van der Waals surface area contributed by atoms with Crippen molar-refractivity contribution >= 4 is 29.2 Å². The van der Waals surface area contributed by atoms with Gasteiger partial charge in [0, 0.05) is 30.6 Å². The first-order chi connectivity index (χ1) is 11.5. The third-order valence-electron chi connectivity index (χ3n) is 4.01. The zero-order valence-corrected chi connectivity index (χ0v) is 14.0. The molecule has 0 saturated carbocycles. The van der Waals surface area contributed by atoms with E-state index in [4.69, 9.17) is 16.1 Å². The molecule has 24 heavy (non-hydrogen) atoms. The topological polar surface area (TPSA) is 75.4 Å². The number of aromatic nitrogens is 1. The van der Waals surface area contributed by atoms with Crippen molar-refractivity contribution in [2.75, 3.05) is 18.0 Å². The smallest absolute Gasteiger partial charge is 0.229 e. The summed E-state index contributed by atoms with van der Waals surface area (Å²) in [7, 11) is 0. The van der Waals surface area contributed by atoms with Crippen LogP contribution in [-0.4, -0.2) is 30.1 Å². The molecule has 1 unspecified atom stereocenters. The second-order valence-electron chi connectivity index (χ2n) is 5.87. The normalized spacial score (nSPS) is 17.3. The molecule has 1 aliphatic rings. The predicted octanol–water partition coefficient (Wildman–Crippen LogP) is 2.35. The second kappa shape index (κ2) is 7.05. The van der Waals surface area contributed by atoms with E-state index in [9.17, 15) is 9.59 Å². The van der Waals surface area contributed by atoms with Crippen LogP contribution in [0.5, 0.6) is 0 Å². The fourth-order valence-corrected chi connectivity index (χ4v) is 2.84. The maximum atomic E-state index is 12.3. The van der Waals surface area contributed by atoms with Crippen LogP contribution in [0.4, 0.5) is 5.82 Å². The molecule has 1 fully saturated rings. The molecular formula is C17H18ClN3O3. The van der Waals surface area contributed by atoms with E-state index in [0.717, 1.165) is 12.0 Å². The van der Waals surface area contributed by atoms with Crippen molar-refractivity contribution in [3.8, 4) is 0 Å². The molecule has 1 aliphatic heterocycles. The minimum atomic E-state index is -0.361. The first-order valence-corrected chi connectivity index (χ1v) is 8.16. The van der Waals surface area contributed by atoms with Gasteiger partial charge in [-0.1, -0.05) is 28.9 Å². The van der Waals surface area contributed by atoms with Gasteiger partial charge >= 0.3 is 0 Å². The molecule has 1 aromatic heterocycles. The lowest BCUT2D eigenvalue weighted by Crippen LogP contribution is -2.34. The Morgan fingerprint density at radius 2 is 2.17 bits per heavy atom. The van der Waals surface area contributed by atoms with Gasteiger partial charge in [-0.25, -0.2) is 0 Å². The van der Waals surface area contributed by atoms with E-state index < -0.39 is 0 Å². The van der Waals surface area contributed by atoms with Crippen molar-refractivity contribution in [2.24, 2.45) is 5.92 Å². The van der Waals surface area contributed by atoms with Crippen LogP contribution in [-0.2, 0) is 16.0 Å². The first kappa shape index (κ1) is 16.5. The molecule has 7 heteroatoms. The van der Waals surface area contributed by atoms with E-state index >= 15 is 0 Å². The van der Waals surface area contributed by atoms with Gasteiger partial charge in [0.2, 0.25) is 11.8 Å². The zero-order chi connectivity index (χ0) is 17.1. The van der Waals surface area contributed by atoms with Gasteiger partial charge in [-0.2, -0.15) is 0 Å². The van der Waals surface area contributed by atoms with Crippen molar-refractivity contribution in [2.45, 2.75) is 19.8 Å². The number of halogens is 1. The van der Waals surface area contributed by atoms with Gasteiger partial charge in [0.25, 0.3) is 0 Å². The van der Waals surface area contributed by atoms with E-state index in [2.05, 4.69) is 10.5 Å². The van der Waals surface area contributed by atoms with Crippen LogP contribution in [0.1, 0.15) is 17.7 Å². The maximum absolute atomic E-state index is 12.3. The Kier molecular flexibility index (Phi) is 4.85. The molecule has 126 valence electrons. The van der Waals surface area contributed by atoms with Crippen LogP contribution in [0.3, 0.4) is 0 Å². The van der Waals surface area contributed by atoms with Crippen LogP contribution in [0.2, 0.25) is 5.02 Å². The lowest BCUT2D eigenvalue weighted by molar-refractivity contribution is -0.126. The number of amides is 2. The Morgan fingerprint density at radius 3 is 2.83 bits per heavy atom. The summed E-state index contributed by atoms with van der Waals surface area (Å²) < 4.78 is 4.99. The summed E-state index contributed by atoms with van der Waals surface area (Å²) in [5.74, 6) is 0.517. The number of benzene rings is 1. The Balaban J connectivity index is 1.50. The van der Waals surface area contributed by atoms with Crippen LogP contribution in [0.25, 0.3) is 0 Å². The zero-order valence-electron chi connectivity index (χ0n) is 13.3. The molecule has 0 spiro atoms. The Morgan fingerprint density at radius 1 is 1.42 bits per heavy atom. The Hall–Kier alpha value is -2.34. The van der Waals surface area contributed by atoms with E-state index in [-0.39, 0.29) is 24.2 Å². The molecular weight excluding hydrogens is 330 g/mol. The number of hydrogen-bond donors (Lipinski definition) is 1. The number of nitrogens with one attached hydrogen (secondary N) is 1. The first-order valence-electron chi connectivity index (χ1n) is 7.79. The highest BCUT2D eigenvalue weighted by molar-refractivity contribution is 6.30. The van der Waals surface area contributed by atoms with Gasteiger partial charge < -0.3 is 9.84 Å². The Labute approximate surface area is 144 Å². The molecule has 1 saturated heterocycles. The van der Waals surface area contributed by atoms with Gasteiger partial charge in [0.1, 0.15) is 5.76 Å². The van der Waals surface area contributed by atoms with Crippen molar-refractivity contribution in [3.63, 3.8) is 0 Å². The van der Waals surface area contributed by atoms with Gasteiger partial charge in [0.15, 0.2) is 5.82 Å². The summed E-state index contributed by atoms with van der Waals surface area (Å²) in [5, 5.41) is 7.42. The number of carbonyl (C=O) groups excluding carboxylic acids is 2. The van der Waals surface area contributed by atoms with Gasteiger partial charge in [-0.05, 0) is 31.0 Å². The van der Waals surface area contributed by atoms with Crippen LogP contribution in [0, 0.1) is 12.8 Å². The van der Waals surface area contributed by atoms with Crippen molar-refractivity contribution in [3.05, 3.63) is 46.7 Å². The van der Waals surface area contributed by atoms with E-state index in [0.29, 0.717) is 29.7 Å². The molecule has 1 aromatic carbocycles. The molecule has 2 aromatic rings. The molecule has 1 N–H and O–H groups in total. The SMILES string of the molecule is Cc1cc(N2CC(C(=O)NCCc3ccc(Cl)cc3)CC2=O)no1. The van der Waals surface area contributed by atoms with Crippen molar-refractivity contribution < 1.29 is 14.1 Å². The summed E-state index contributed by atoms with van der Waals surface area (Å²) in [6.45, 7) is 2.61. The quantitative estimate of drug-likeness (QED) is 0.900. The van der Waals surface area contributed by atoms with E-state index in [1.54, 1.807) is 13.0 Å². The lowest BCUT2D eigenvalue weighted by Gasteiger charge is -2.13. The summed E-state index contributed by atoms with van der Waals surface area (Å²) in [5.41, 5.74) is 1.10. The maximum Gasteiger partial charge on any atom is 0.229 e. The highest BCUT2D eigenvalue weighted by Crippen LogP contribution is 2.24. The highest BCUT2D eigenvalue weighted by atomic mass is 35.5. The van der Waals surface area contributed by atoms with Crippen molar-refractivity contribution in [1.29, 1.82) is 0 Å². The van der Waals surface area contributed by atoms with E-state index in [1.165, 1.54) is 4.90 Å². The minimum absolute atomic E-state index is 0.110. The van der Waals surface area contributed by atoms with Gasteiger partial charge in [0.05, 0.1) is 5.92 Å². The highest BCUT2D eigenvalue weighted by Gasteiger charge is 2.36. The third kappa shape index (κ3) is 3.76. The third-order valence-corrected chi connectivity index (χ3v) is 4.27. The second-order valence-corrected chi connectivity index (χ2v) is 6.31. The predicted molar refractivity (Wildman–Crippen MR) is 89.9 cm³/mol. The lowest BCUT2D eigenvalue weighted by atomic mass is 10.1. The molecule has 0 aliphatic carbocycles. The fourth-order valence-electron chi connectivity index (χ4n) is 2.71.